The third-order valence-electron chi connectivity index (χ3n) is 2.97. The molecule has 2 N–H and O–H groups in total. The summed E-state index contributed by atoms with van der Waals surface area (Å²) in [5.74, 6) is 1.35. The highest BCUT2D eigenvalue weighted by atomic mass is 16.5. The van der Waals surface area contributed by atoms with Gasteiger partial charge in [0.25, 0.3) is 0 Å². The van der Waals surface area contributed by atoms with Crippen molar-refractivity contribution in [1.82, 2.24) is 5.32 Å². The van der Waals surface area contributed by atoms with Crippen LogP contribution in [0, 0.1) is 5.92 Å². The van der Waals surface area contributed by atoms with E-state index in [4.69, 9.17) is 4.74 Å². The van der Waals surface area contributed by atoms with Crippen LogP contribution in [0.1, 0.15) is 32.8 Å². The van der Waals surface area contributed by atoms with Crippen LogP contribution in [0.3, 0.4) is 0 Å². The van der Waals surface area contributed by atoms with Crippen molar-refractivity contribution in [2.75, 3.05) is 13.2 Å². The average Bonchev–Trinajstić information content (AvgIpc) is 2.38. The number of ether oxygens (including phenoxy) is 1. The monoisotopic (exact) mass is 251 g/mol. The molecular formula is C15H25NO2. The lowest BCUT2D eigenvalue weighted by atomic mass is 10.1. The quantitative estimate of drug-likeness (QED) is 0.746. The SMILES string of the molecule is CCCOc1ccc(CN[C@H](CO)C(C)C)cc1. The Labute approximate surface area is 110 Å². The van der Waals surface area contributed by atoms with Gasteiger partial charge in [0.15, 0.2) is 0 Å². The number of nitrogens with one attached hydrogen (secondary N) is 1. The van der Waals surface area contributed by atoms with Gasteiger partial charge in [0.1, 0.15) is 5.75 Å². The van der Waals surface area contributed by atoms with E-state index in [1.54, 1.807) is 0 Å². The fraction of sp³-hybridized carbons (Fsp3) is 0.600. The van der Waals surface area contributed by atoms with E-state index >= 15 is 0 Å². The molecule has 0 aromatic heterocycles. The Morgan fingerprint density at radius 3 is 2.39 bits per heavy atom. The Bertz CT molecular complexity index is 322. The van der Waals surface area contributed by atoms with Gasteiger partial charge in [0, 0.05) is 12.6 Å². The third kappa shape index (κ3) is 5.07. The van der Waals surface area contributed by atoms with Gasteiger partial charge in [0.2, 0.25) is 0 Å². The molecule has 3 nitrogen and oxygen atoms in total. The molecule has 0 radical (unpaired) electrons. The number of hydrogen-bond acceptors (Lipinski definition) is 3. The van der Waals surface area contributed by atoms with E-state index in [9.17, 15) is 5.11 Å². The summed E-state index contributed by atoms with van der Waals surface area (Å²) in [6, 6.07) is 8.27. The molecule has 0 amide bonds. The molecule has 0 aliphatic carbocycles. The van der Waals surface area contributed by atoms with Gasteiger partial charge >= 0.3 is 0 Å². The van der Waals surface area contributed by atoms with Crippen LogP contribution in [0.4, 0.5) is 0 Å². The predicted molar refractivity (Wildman–Crippen MR) is 74.8 cm³/mol. The van der Waals surface area contributed by atoms with Crippen LogP contribution in [-0.4, -0.2) is 24.4 Å². The molecule has 0 unspecified atom stereocenters. The Morgan fingerprint density at radius 2 is 1.89 bits per heavy atom. The molecule has 0 saturated heterocycles. The number of benzene rings is 1. The maximum Gasteiger partial charge on any atom is 0.119 e. The summed E-state index contributed by atoms with van der Waals surface area (Å²) in [5, 5.41) is 12.6. The highest BCUT2D eigenvalue weighted by Crippen LogP contribution is 2.13. The summed E-state index contributed by atoms with van der Waals surface area (Å²) >= 11 is 0. The van der Waals surface area contributed by atoms with Crippen molar-refractivity contribution in [3.05, 3.63) is 29.8 Å². The van der Waals surface area contributed by atoms with Crippen LogP contribution in [-0.2, 0) is 6.54 Å². The molecule has 0 aliphatic heterocycles. The molecule has 1 atom stereocenters. The van der Waals surface area contributed by atoms with E-state index in [1.807, 2.05) is 12.1 Å². The zero-order chi connectivity index (χ0) is 13.4. The Morgan fingerprint density at radius 1 is 1.22 bits per heavy atom. The summed E-state index contributed by atoms with van der Waals surface area (Å²) in [6.45, 7) is 8.02. The topological polar surface area (TPSA) is 41.5 Å². The highest BCUT2D eigenvalue weighted by Gasteiger charge is 2.10. The van der Waals surface area contributed by atoms with E-state index in [-0.39, 0.29) is 12.6 Å². The molecule has 1 aromatic rings. The minimum atomic E-state index is 0.154. The van der Waals surface area contributed by atoms with Crippen LogP contribution in [0.15, 0.2) is 24.3 Å². The van der Waals surface area contributed by atoms with E-state index < -0.39 is 0 Å². The maximum absolute atomic E-state index is 9.23. The molecule has 0 spiro atoms. The van der Waals surface area contributed by atoms with Crippen LogP contribution >= 0.6 is 0 Å². The fourth-order valence-corrected chi connectivity index (χ4v) is 1.68. The summed E-state index contributed by atoms with van der Waals surface area (Å²) < 4.78 is 5.53. The second-order valence-electron chi connectivity index (χ2n) is 4.91. The predicted octanol–water partition coefficient (Wildman–Crippen LogP) is 2.58. The maximum atomic E-state index is 9.23. The molecule has 18 heavy (non-hydrogen) atoms. The Hall–Kier alpha value is -1.06. The zero-order valence-corrected chi connectivity index (χ0v) is 11.6. The van der Waals surface area contributed by atoms with Crippen LogP contribution in [0.5, 0.6) is 5.75 Å². The Balaban J connectivity index is 2.43. The first-order valence-electron chi connectivity index (χ1n) is 6.73. The lowest BCUT2D eigenvalue weighted by Gasteiger charge is -2.20. The van der Waals surface area contributed by atoms with Crippen molar-refractivity contribution < 1.29 is 9.84 Å². The van der Waals surface area contributed by atoms with Crippen molar-refractivity contribution >= 4 is 0 Å². The molecule has 0 fully saturated rings. The van der Waals surface area contributed by atoms with Crippen molar-refractivity contribution in [2.45, 2.75) is 39.8 Å². The van der Waals surface area contributed by atoms with Gasteiger partial charge in [-0.3, -0.25) is 0 Å². The molecule has 0 heterocycles. The number of hydrogen-bond donors (Lipinski definition) is 2. The van der Waals surface area contributed by atoms with E-state index in [0.717, 1.165) is 25.3 Å². The first-order valence-corrected chi connectivity index (χ1v) is 6.73. The molecular weight excluding hydrogens is 226 g/mol. The minimum Gasteiger partial charge on any atom is -0.494 e. The normalized spacial score (nSPS) is 12.7. The van der Waals surface area contributed by atoms with Gasteiger partial charge in [-0.25, -0.2) is 0 Å². The Kier molecular flexibility index (Phi) is 6.76. The van der Waals surface area contributed by atoms with Crippen molar-refractivity contribution in [1.29, 1.82) is 0 Å². The molecule has 1 aromatic carbocycles. The van der Waals surface area contributed by atoms with Crippen LogP contribution in [0.25, 0.3) is 0 Å². The summed E-state index contributed by atoms with van der Waals surface area (Å²) in [7, 11) is 0. The summed E-state index contributed by atoms with van der Waals surface area (Å²) in [4.78, 5) is 0. The van der Waals surface area contributed by atoms with Crippen molar-refractivity contribution in [2.24, 2.45) is 5.92 Å². The molecule has 3 heteroatoms. The van der Waals surface area contributed by atoms with Gasteiger partial charge in [-0.05, 0) is 30.0 Å². The van der Waals surface area contributed by atoms with Gasteiger partial charge in [-0.2, -0.15) is 0 Å². The molecule has 0 aliphatic rings. The van der Waals surface area contributed by atoms with Gasteiger partial charge in [-0.15, -0.1) is 0 Å². The number of aliphatic hydroxyl groups is 1. The molecule has 0 saturated carbocycles. The van der Waals surface area contributed by atoms with Crippen molar-refractivity contribution in [3.8, 4) is 5.75 Å². The molecule has 0 bridgehead atoms. The third-order valence-corrected chi connectivity index (χ3v) is 2.97. The molecule has 102 valence electrons. The average molecular weight is 251 g/mol. The van der Waals surface area contributed by atoms with Crippen LogP contribution < -0.4 is 10.1 Å². The van der Waals surface area contributed by atoms with E-state index in [1.165, 1.54) is 5.56 Å². The van der Waals surface area contributed by atoms with E-state index in [0.29, 0.717) is 5.92 Å². The van der Waals surface area contributed by atoms with Crippen LogP contribution in [0.2, 0.25) is 0 Å². The first-order chi connectivity index (χ1) is 8.67. The summed E-state index contributed by atoms with van der Waals surface area (Å²) in [6.07, 6.45) is 1.02. The summed E-state index contributed by atoms with van der Waals surface area (Å²) in [5.41, 5.74) is 1.21. The lowest BCUT2D eigenvalue weighted by molar-refractivity contribution is 0.210. The highest BCUT2D eigenvalue weighted by molar-refractivity contribution is 5.27. The van der Waals surface area contributed by atoms with E-state index in [2.05, 4.69) is 38.2 Å². The molecule has 1 rings (SSSR count). The first kappa shape index (κ1) is 15.0. The van der Waals surface area contributed by atoms with Gasteiger partial charge in [0.05, 0.1) is 13.2 Å². The second kappa shape index (κ2) is 8.11. The minimum absolute atomic E-state index is 0.154. The number of aliphatic hydroxyl groups excluding tert-OH is 1. The van der Waals surface area contributed by atoms with Gasteiger partial charge in [-0.1, -0.05) is 32.9 Å². The lowest BCUT2D eigenvalue weighted by Crippen LogP contribution is -2.36. The standard InChI is InChI=1S/C15H25NO2/c1-4-9-18-14-7-5-13(6-8-14)10-16-15(11-17)12(2)3/h5-8,12,15-17H,4,9-11H2,1-3H3/t15-/m1/s1. The second-order valence-corrected chi connectivity index (χ2v) is 4.91. The van der Waals surface area contributed by atoms with Gasteiger partial charge < -0.3 is 15.2 Å². The zero-order valence-electron chi connectivity index (χ0n) is 11.6. The fourth-order valence-electron chi connectivity index (χ4n) is 1.68. The largest absolute Gasteiger partial charge is 0.494 e. The smallest absolute Gasteiger partial charge is 0.119 e. The number of rotatable bonds is 8. The van der Waals surface area contributed by atoms with Crippen molar-refractivity contribution in [3.63, 3.8) is 0 Å².